The van der Waals surface area contributed by atoms with Crippen molar-refractivity contribution in [2.75, 3.05) is 13.1 Å². The summed E-state index contributed by atoms with van der Waals surface area (Å²) in [6, 6.07) is 6.59. The van der Waals surface area contributed by atoms with Gasteiger partial charge in [0.2, 0.25) is 5.78 Å². The third-order valence-corrected chi connectivity index (χ3v) is 3.85. The van der Waals surface area contributed by atoms with Crippen LogP contribution in [0.15, 0.2) is 15.9 Å². The number of Topliss-reactive ketones (excluding diaryl/α,β-unsaturated/α-hetero) is 1. The number of ketones is 1. The van der Waals surface area contributed by atoms with Gasteiger partial charge in [0.05, 0.1) is 8.66 Å². The monoisotopic (exact) mass is 283 g/mol. The molecule has 4 heteroatoms. The first-order valence-corrected chi connectivity index (χ1v) is 6.43. The summed E-state index contributed by atoms with van der Waals surface area (Å²) in [5.74, 6) is 2.60. The lowest BCUT2D eigenvalue weighted by Gasteiger charge is -2.04. The van der Waals surface area contributed by atoms with Crippen LogP contribution < -0.4 is 0 Å². The van der Waals surface area contributed by atoms with Crippen LogP contribution in [0.1, 0.15) is 22.5 Å². The Labute approximate surface area is 101 Å². The third kappa shape index (κ3) is 2.83. The molecule has 0 unspecified atom stereocenters. The minimum absolute atomic E-state index is 0.0856. The summed E-state index contributed by atoms with van der Waals surface area (Å²) >= 11 is 4.75. The number of halogens is 1. The maximum absolute atomic E-state index is 11.6. The zero-order chi connectivity index (χ0) is 10.7. The molecule has 1 aromatic heterocycles. The van der Waals surface area contributed by atoms with Crippen LogP contribution in [0.2, 0.25) is 0 Å². The lowest BCUT2D eigenvalue weighted by atomic mass is 10.3. The van der Waals surface area contributed by atoms with E-state index in [9.17, 15) is 4.79 Å². The van der Waals surface area contributed by atoms with Gasteiger partial charge in [0.1, 0.15) is 0 Å². The average molecular weight is 284 g/mol. The Hall–Kier alpha value is -0.790. The second-order valence-electron chi connectivity index (χ2n) is 3.36. The number of rotatable bonds is 1. The molecule has 1 fully saturated rings. The van der Waals surface area contributed by atoms with E-state index >= 15 is 0 Å². The van der Waals surface area contributed by atoms with E-state index in [1.54, 1.807) is 6.07 Å². The second kappa shape index (κ2) is 4.82. The topological polar surface area (TPSA) is 20.3 Å². The molecule has 0 radical (unpaired) electrons. The van der Waals surface area contributed by atoms with Crippen molar-refractivity contribution >= 4 is 33.0 Å². The Morgan fingerprint density at radius 1 is 1.40 bits per heavy atom. The number of carbonyl (C=O) groups excluding carboxylic acids is 1. The standard InChI is InChI=1S/C11H10BrNOS/c12-11-4-3-10(15-11)9(14)5-8-13-6-1-2-7-13/h3-4H,1-2,6-7H2. The summed E-state index contributed by atoms with van der Waals surface area (Å²) < 4.78 is 0.967. The normalized spacial score (nSPS) is 14.9. The van der Waals surface area contributed by atoms with Crippen LogP contribution >= 0.6 is 27.3 Å². The molecule has 1 aliphatic rings. The fourth-order valence-electron chi connectivity index (χ4n) is 1.46. The van der Waals surface area contributed by atoms with Gasteiger partial charge in [-0.05, 0) is 40.9 Å². The first-order valence-electron chi connectivity index (χ1n) is 4.82. The minimum atomic E-state index is -0.0856. The summed E-state index contributed by atoms with van der Waals surface area (Å²) in [4.78, 5) is 14.3. The van der Waals surface area contributed by atoms with Crippen molar-refractivity contribution in [2.24, 2.45) is 0 Å². The molecule has 0 N–H and O–H groups in total. The summed E-state index contributed by atoms with van der Waals surface area (Å²) in [6.45, 7) is 1.99. The van der Waals surface area contributed by atoms with Gasteiger partial charge in [0, 0.05) is 25.1 Å². The van der Waals surface area contributed by atoms with Crippen LogP contribution in [-0.2, 0) is 0 Å². The third-order valence-electron chi connectivity index (χ3n) is 2.23. The van der Waals surface area contributed by atoms with Gasteiger partial charge in [0.15, 0.2) is 0 Å². The lowest BCUT2D eigenvalue weighted by molar-refractivity contribution is 0.105. The van der Waals surface area contributed by atoms with Crippen LogP contribution in [0.25, 0.3) is 0 Å². The average Bonchev–Trinajstić information content (AvgIpc) is 2.84. The molecule has 15 heavy (non-hydrogen) atoms. The fraction of sp³-hybridized carbons (Fsp3) is 0.364. The Kier molecular flexibility index (Phi) is 3.45. The number of hydrogen-bond acceptors (Lipinski definition) is 3. The van der Waals surface area contributed by atoms with Gasteiger partial charge >= 0.3 is 0 Å². The molecule has 0 atom stereocenters. The summed E-state index contributed by atoms with van der Waals surface area (Å²) in [7, 11) is 0. The van der Waals surface area contributed by atoms with Crippen molar-refractivity contribution in [3.63, 3.8) is 0 Å². The first kappa shape index (κ1) is 10.7. The summed E-state index contributed by atoms with van der Waals surface area (Å²) in [6.07, 6.45) is 2.38. The molecule has 2 heterocycles. The van der Waals surface area contributed by atoms with E-state index in [2.05, 4.69) is 27.9 Å². The van der Waals surface area contributed by atoms with E-state index in [1.807, 2.05) is 11.0 Å². The molecular formula is C11H10BrNOS. The molecule has 78 valence electrons. The summed E-state index contributed by atoms with van der Waals surface area (Å²) in [5.41, 5.74) is 0. The van der Waals surface area contributed by atoms with Gasteiger partial charge in [-0.1, -0.05) is 0 Å². The Balaban J connectivity index is 2.02. The SMILES string of the molecule is O=C(C#CN1CCCC1)c1ccc(Br)s1. The molecule has 0 bridgehead atoms. The maximum atomic E-state index is 11.6. The second-order valence-corrected chi connectivity index (χ2v) is 5.83. The molecule has 1 aromatic rings. The van der Waals surface area contributed by atoms with Crippen LogP contribution in [-0.4, -0.2) is 23.8 Å². The number of nitrogens with zero attached hydrogens (tertiary/aromatic N) is 1. The van der Waals surface area contributed by atoms with Gasteiger partial charge in [-0.3, -0.25) is 4.79 Å². The van der Waals surface area contributed by atoms with Gasteiger partial charge in [-0.25, -0.2) is 0 Å². The Bertz CT molecular complexity index is 423. The van der Waals surface area contributed by atoms with Crippen LogP contribution in [0.5, 0.6) is 0 Å². The quantitative estimate of drug-likeness (QED) is 0.584. The van der Waals surface area contributed by atoms with Gasteiger partial charge in [0.25, 0.3) is 0 Å². The van der Waals surface area contributed by atoms with Crippen molar-refractivity contribution in [3.05, 3.63) is 20.8 Å². The van der Waals surface area contributed by atoms with Crippen molar-refractivity contribution in [2.45, 2.75) is 12.8 Å². The van der Waals surface area contributed by atoms with Crippen LogP contribution in [0.3, 0.4) is 0 Å². The van der Waals surface area contributed by atoms with Gasteiger partial charge in [-0.15, -0.1) is 11.3 Å². The highest BCUT2D eigenvalue weighted by atomic mass is 79.9. The zero-order valence-corrected chi connectivity index (χ0v) is 10.5. The van der Waals surface area contributed by atoms with E-state index in [1.165, 1.54) is 24.2 Å². The Morgan fingerprint density at radius 2 is 2.13 bits per heavy atom. The van der Waals surface area contributed by atoms with E-state index in [-0.39, 0.29) is 5.78 Å². The molecule has 2 rings (SSSR count). The highest BCUT2D eigenvalue weighted by Gasteiger charge is 2.08. The van der Waals surface area contributed by atoms with Gasteiger partial charge in [-0.2, -0.15) is 0 Å². The zero-order valence-electron chi connectivity index (χ0n) is 8.12. The highest BCUT2D eigenvalue weighted by Crippen LogP contribution is 2.22. The molecule has 2 nitrogen and oxygen atoms in total. The predicted molar refractivity (Wildman–Crippen MR) is 64.9 cm³/mol. The van der Waals surface area contributed by atoms with Crippen molar-refractivity contribution in [1.82, 2.24) is 4.90 Å². The van der Waals surface area contributed by atoms with E-state index in [4.69, 9.17) is 0 Å². The maximum Gasteiger partial charge on any atom is 0.247 e. The largest absolute Gasteiger partial charge is 0.332 e. The number of carbonyl (C=O) groups is 1. The number of thiophene rings is 1. The smallest absolute Gasteiger partial charge is 0.247 e. The van der Waals surface area contributed by atoms with Gasteiger partial charge < -0.3 is 4.90 Å². The molecule has 0 amide bonds. The van der Waals surface area contributed by atoms with Crippen molar-refractivity contribution in [1.29, 1.82) is 0 Å². The van der Waals surface area contributed by atoms with Crippen molar-refractivity contribution in [3.8, 4) is 12.0 Å². The molecule has 1 aliphatic heterocycles. The van der Waals surface area contributed by atoms with Crippen LogP contribution in [0.4, 0.5) is 0 Å². The van der Waals surface area contributed by atoms with E-state index < -0.39 is 0 Å². The molecule has 0 aromatic carbocycles. The minimum Gasteiger partial charge on any atom is -0.332 e. The number of hydrogen-bond donors (Lipinski definition) is 0. The lowest BCUT2D eigenvalue weighted by Crippen LogP contribution is -2.11. The molecule has 0 saturated carbocycles. The van der Waals surface area contributed by atoms with Crippen LogP contribution in [0, 0.1) is 12.0 Å². The fourth-order valence-corrected chi connectivity index (χ4v) is 2.74. The molecule has 0 aliphatic carbocycles. The van der Waals surface area contributed by atoms with E-state index in [0.29, 0.717) is 4.88 Å². The highest BCUT2D eigenvalue weighted by molar-refractivity contribution is 9.11. The molecule has 1 saturated heterocycles. The van der Waals surface area contributed by atoms with Crippen molar-refractivity contribution < 1.29 is 4.79 Å². The first-order chi connectivity index (χ1) is 7.25. The molecular weight excluding hydrogens is 274 g/mol. The van der Waals surface area contributed by atoms with E-state index in [0.717, 1.165) is 16.9 Å². The Morgan fingerprint density at radius 3 is 2.73 bits per heavy atom. The molecule has 0 spiro atoms. The summed E-state index contributed by atoms with van der Waals surface area (Å²) in [5, 5.41) is 0. The number of likely N-dealkylation sites (tertiary alicyclic amines) is 1. The predicted octanol–water partition coefficient (Wildman–Crippen LogP) is 2.75.